The molecule has 4 rings (SSSR count). The van der Waals surface area contributed by atoms with Crippen LogP contribution < -0.4 is 14.2 Å². The molecule has 0 aliphatic carbocycles. The molecule has 2 aromatic carbocycles. The first-order chi connectivity index (χ1) is 16.8. The lowest BCUT2D eigenvalue weighted by molar-refractivity contribution is 0.0527. The monoisotopic (exact) mass is 496 g/mol. The number of ether oxygens (including phenoxy) is 3. The van der Waals surface area contributed by atoms with E-state index in [9.17, 15) is 13.2 Å². The quantitative estimate of drug-likeness (QED) is 0.366. The lowest BCUT2D eigenvalue weighted by atomic mass is 10.1. The van der Waals surface area contributed by atoms with Crippen LogP contribution in [0.1, 0.15) is 22.8 Å². The Bertz CT molecular complexity index is 1510. The minimum absolute atomic E-state index is 0.0523. The van der Waals surface area contributed by atoms with Crippen molar-refractivity contribution in [3.05, 3.63) is 65.9 Å². The predicted molar refractivity (Wildman–Crippen MR) is 130 cm³/mol. The molecule has 0 saturated heterocycles. The van der Waals surface area contributed by atoms with Crippen LogP contribution in [-0.2, 0) is 14.8 Å². The number of para-hydroxylation sites is 1. The summed E-state index contributed by atoms with van der Waals surface area (Å²) >= 11 is 0. The third-order valence-electron chi connectivity index (χ3n) is 5.29. The summed E-state index contributed by atoms with van der Waals surface area (Å²) in [6.45, 7) is 3.68. The van der Waals surface area contributed by atoms with Crippen LogP contribution >= 0.6 is 0 Å². The summed E-state index contributed by atoms with van der Waals surface area (Å²) in [5.41, 5.74) is 1.56. The summed E-state index contributed by atoms with van der Waals surface area (Å²) in [4.78, 5) is 17.1. The average molecular weight is 497 g/mol. The zero-order valence-corrected chi connectivity index (χ0v) is 20.4. The van der Waals surface area contributed by atoms with Crippen LogP contribution in [0.3, 0.4) is 0 Å². The van der Waals surface area contributed by atoms with E-state index in [1.54, 1.807) is 13.0 Å². The van der Waals surface area contributed by atoms with E-state index in [1.165, 1.54) is 43.3 Å². The molecule has 0 unspecified atom stereocenters. The van der Waals surface area contributed by atoms with E-state index in [-0.39, 0.29) is 28.6 Å². The predicted octanol–water partition coefficient (Wildman–Crippen LogP) is 3.72. The fraction of sp³-hybridized carbons (Fsp3) is 0.208. The zero-order valence-electron chi connectivity index (χ0n) is 19.6. The number of hydrogen-bond donors (Lipinski definition) is 1. The molecule has 0 saturated carbocycles. The topological polar surface area (TPSA) is 122 Å². The fourth-order valence-corrected chi connectivity index (χ4v) is 4.67. The summed E-state index contributed by atoms with van der Waals surface area (Å²) in [6.07, 6.45) is 1.25. The van der Waals surface area contributed by atoms with Crippen LogP contribution in [0.4, 0.5) is 5.82 Å². The van der Waals surface area contributed by atoms with Gasteiger partial charge in [-0.1, -0.05) is 18.2 Å². The van der Waals surface area contributed by atoms with Gasteiger partial charge in [-0.2, -0.15) is 9.78 Å². The van der Waals surface area contributed by atoms with Crippen molar-refractivity contribution in [1.82, 2.24) is 14.8 Å². The van der Waals surface area contributed by atoms with Gasteiger partial charge in [0.1, 0.15) is 5.56 Å². The van der Waals surface area contributed by atoms with Crippen molar-refractivity contribution in [2.24, 2.45) is 0 Å². The Labute approximate surface area is 202 Å². The van der Waals surface area contributed by atoms with E-state index in [1.807, 2.05) is 31.2 Å². The fourth-order valence-electron chi connectivity index (χ4n) is 3.59. The smallest absolute Gasteiger partial charge is 0.343 e. The number of methoxy groups -OCH3 is 2. The molecule has 0 spiro atoms. The van der Waals surface area contributed by atoms with Gasteiger partial charge >= 0.3 is 5.97 Å². The van der Waals surface area contributed by atoms with E-state index in [0.717, 1.165) is 10.9 Å². The molecule has 1 N–H and O–H groups in total. The summed E-state index contributed by atoms with van der Waals surface area (Å²) in [5.74, 6) is 0.129. The number of benzene rings is 2. The molecule has 0 radical (unpaired) electrons. The molecule has 4 aromatic rings. The van der Waals surface area contributed by atoms with E-state index in [4.69, 9.17) is 14.2 Å². The first-order valence-electron chi connectivity index (χ1n) is 10.7. The van der Waals surface area contributed by atoms with Crippen molar-refractivity contribution < 1.29 is 27.4 Å². The highest BCUT2D eigenvalue weighted by Gasteiger charge is 2.26. The number of nitrogens with zero attached hydrogens (tertiary/aromatic N) is 3. The number of aromatic nitrogens is 3. The van der Waals surface area contributed by atoms with Crippen molar-refractivity contribution in [2.75, 3.05) is 25.5 Å². The molecule has 2 heterocycles. The molecular weight excluding hydrogens is 472 g/mol. The number of rotatable bonds is 8. The van der Waals surface area contributed by atoms with Crippen molar-refractivity contribution in [1.29, 1.82) is 0 Å². The lowest BCUT2D eigenvalue weighted by Crippen LogP contribution is -2.19. The van der Waals surface area contributed by atoms with Gasteiger partial charge < -0.3 is 14.2 Å². The van der Waals surface area contributed by atoms with Gasteiger partial charge in [-0.25, -0.2) is 18.2 Å². The van der Waals surface area contributed by atoms with Crippen molar-refractivity contribution in [2.45, 2.75) is 18.7 Å². The van der Waals surface area contributed by atoms with Gasteiger partial charge in [0.15, 0.2) is 23.1 Å². The molecule has 35 heavy (non-hydrogen) atoms. The maximum atomic E-state index is 13.3. The largest absolute Gasteiger partial charge is 0.493 e. The molecule has 0 bridgehead atoms. The maximum Gasteiger partial charge on any atom is 0.343 e. The Kier molecular flexibility index (Phi) is 6.61. The second-order valence-corrected chi connectivity index (χ2v) is 9.16. The van der Waals surface area contributed by atoms with E-state index < -0.39 is 16.0 Å². The Morgan fingerprint density at radius 3 is 2.51 bits per heavy atom. The second-order valence-electron chi connectivity index (χ2n) is 7.48. The lowest BCUT2D eigenvalue weighted by Gasteiger charge is -2.14. The number of sulfonamides is 1. The van der Waals surface area contributed by atoms with Gasteiger partial charge in [0.25, 0.3) is 10.0 Å². The number of aryl methyl sites for hydroxylation is 1. The Balaban J connectivity index is 1.85. The molecule has 11 heteroatoms. The van der Waals surface area contributed by atoms with Crippen LogP contribution in [0.15, 0.2) is 59.6 Å². The first-order valence-corrected chi connectivity index (χ1v) is 12.1. The molecule has 182 valence electrons. The molecule has 2 aromatic heterocycles. The number of carbonyl (C=O) groups excluding carboxylic acids is 1. The molecule has 0 atom stereocenters. The number of fused-ring (bicyclic) bond motifs is 1. The summed E-state index contributed by atoms with van der Waals surface area (Å²) in [6, 6.07) is 13.5. The normalized spacial score (nSPS) is 11.3. The van der Waals surface area contributed by atoms with Gasteiger partial charge in [-0.15, -0.1) is 0 Å². The van der Waals surface area contributed by atoms with Crippen LogP contribution in [0.2, 0.25) is 0 Å². The highest BCUT2D eigenvalue weighted by Crippen LogP contribution is 2.31. The molecule has 0 aliphatic heterocycles. The number of pyridine rings is 1. The van der Waals surface area contributed by atoms with Crippen LogP contribution in [0.25, 0.3) is 16.7 Å². The van der Waals surface area contributed by atoms with E-state index in [0.29, 0.717) is 17.1 Å². The van der Waals surface area contributed by atoms with E-state index >= 15 is 0 Å². The minimum Gasteiger partial charge on any atom is -0.493 e. The average Bonchev–Trinajstić information content (AvgIpc) is 3.26. The third-order valence-corrected chi connectivity index (χ3v) is 6.62. The summed E-state index contributed by atoms with van der Waals surface area (Å²) in [7, 11) is -1.32. The first kappa shape index (κ1) is 24.0. The van der Waals surface area contributed by atoms with Crippen molar-refractivity contribution >= 4 is 32.7 Å². The SMILES string of the molecule is CCOC(=O)c1cnn(-c2cc(C)c3ccccc3n2)c1NS(=O)(=O)c1ccc(OC)c(OC)c1. The number of esters is 1. The molecular formula is C24H24N4O6S. The zero-order chi connectivity index (χ0) is 25.2. The van der Waals surface area contributed by atoms with Crippen LogP contribution in [0.5, 0.6) is 11.5 Å². The molecule has 10 nitrogen and oxygen atoms in total. The van der Waals surface area contributed by atoms with Gasteiger partial charge in [0.2, 0.25) is 0 Å². The second kappa shape index (κ2) is 9.63. The van der Waals surface area contributed by atoms with Gasteiger partial charge in [-0.05, 0) is 43.7 Å². The minimum atomic E-state index is -4.18. The Morgan fingerprint density at radius 2 is 1.80 bits per heavy atom. The summed E-state index contributed by atoms with van der Waals surface area (Å²) in [5, 5.41) is 5.20. The highest BCUT2D eigenvalue weighted by molar-refractivity contribution is 7.92. The Morgan fingerprint density at radius 1 is 1.06 bits per heavy atom. The van der Waals surface area contributed by atoms with Crippen molar-refractivity contribution in [3.8, 4) is 17.3 Å². The van der Waals surface area contributed by atoms with Crippen LogP contribution in [-0.4, -0.2) is 50.0 Å². The highest BCUT2D eigenvalue weighted by atomic mass is 32.2. The number of nitrogens with one attached hydrogen (secondary N) is 1. The van der Waals surface area contributed by atoms with Crippen molar-refractivity contribution in [3.63, 3.8) is 0 Å². The number of hydrogen-bond acceptors (Lipinski definition) is 8. The molecule has 0 fully saturated rings. The van der Waals surface area contributed by atoms with Gasteiger partial charge in [-0.3, -0.25) is 4.72 Å². The summed E-state index contributed by atoms with van der Waals surface area (Å²) < 4.78 is 46.0. The van der Waals surface area contributed by atoms with Gasteiger partial charge in [0.05, 0.1) is 37.4 Å². The van der Waals surface area contributed by atoms with Gasteiger partial charge in [0, 0.05) is 11.5 Å². The van der Waals surface area contributed by atoms with Crippen LogP contribution in [0, 0.1) is 6.92 Å². The Hall–Kier alpha value is -4.12. The standard InChI is InChI=1S/C24H24N4O6S/c1-5-34-24(29)18-14-25-28(22-12-15(2)17-8-6-7-9-19(17)26-22)23(18)27-35(30,31)16-10-11-20(32-3)21(13-16)33-4/h6-14,27H,5H2,1-4H3. The number of carbonyl (C=O) groups is 1. The number of anilines is 1. The third kappa shape index (κ3) is 4.62. The molecule has 0 aliphatic rings. The molecule has 0 amide bonds. The van der Waals surface area contributed by atoms with E-state index in [2.05, 4.69) is 14.8 Å². The maximum absolute atomic E-state index is 13.3.